The molecule has 0 heterocycles. The van der Waals surface area contributed by atoms with Crippen molar-refractivity contribution in [1.82, 2.24) is 0 Å². The van der Waals surface area contributed by atoms with Gasteiger partial charge in [-0.05, 0) is 48.2 Å². The molecule has 0 saturated heterocycles. The van der Waals surface area contributed by atoms with Gasteiger partial charge < -0.3 is 0 Å². The molecule has 0 amide bonds. The molecule has 0 aliphatic rings. The highest BCUT2D eigenvalue weighted by atomic mass is 79.9. The largest absolute Gasteiger partial charge is 0.0840 e. The smallest absolute Gasteiger partial charge is 0.0662 e. The highest BCUT2D eigenvalue weighted by Gasteiger charge is 2.18. The van der Waals surface area contributed by atoms with Crippen molar-refractivity contribution in [3.63, 3.8) is 0 Å². The van der Waals surface area contributed by atoms with E-state index in [4.69, 9.17) is 34.8 Å². The van der Waals surface area contributed by atoms with Crippen molar-refractivity contribution in [2.75, 3.05) is 0 Å². The number of hydrogen-bond donors (Lipinski definition) is 0. The standard InChI is InChI=1S/C15H12BrCl3/c1-8-7-13(18)9(2)6-11(8)14(16)10-4-3-5-12(17)15(10)19/h3-7,14H,1-2H3. The van der Waals surface area contributed by atoms with E-state index in [1.54, 1.807) is 6.07 Å². The van der Waals surface area contributed by atoms with Gasteiger partial charge in [0.1, 0.15) is 0 Å². The molecule has 19 heavy (non-hydrogen) atoms. The van der Waals surface area contributed by atoms with Gasteiger partial charge in [0.2, 0.25) is 0 Å². The van der Waals surface area contributed by atoms with Gasteiger partial charge >= 0.3 is 0 Å². The molecule has 0 bridgehead atoms. The van der Waals surface area contributed by atoms with Crippen LogP contribution in [0, 0.1) is 13.8 Å². The van der Waals surface area contributed by atoms with Crippen LogP contribution >= 0.6 is 50.7 Å². The summed E-state index contributed by atoms with van der Waals surface area (Å²) in [7, 11) is 0. The number of aryl methyl sites for hydroxylation is 2. The zero-order chi connectivity index (χ0) is 14.2. The van der Waals surface area contributed by atoms with Gasteiger partial charge in [0.15, 0.2) is 0 Å². The van der Waals surface area contributed by atoms with E-state index in [0.29, 0.717) is 10.0 Å². The van der Waals surface area contributed by atoms with Crippen LogP contribution in [0.4, 0.5) is 0 Å². The molecule has 0 aliphatic carbocycles. The molecule has 2 aromatic rings. The number of hydrogen-bond acceptors (Lipinski definition) is 0. The summed E-state index contributed by atoms with van der Waals surface area (Å²) < 4.78 is 0. The van der Waals surface area contributed by atoms with Crippen LogP contribution < -0.4 is 0 Å². The Labute approximate surface area is 136 Å². The molecule has 1 unspecified atom stereocenters. The highest BCUT2D eigenvalue weighted by molar-refractivity contribution is 9.09. The monoisotopic (exact) mass is 376 g/mol. The summed E-state index contributed by atoms with van der Waals surface area (Å²) in [6, 6.07) is 9.70. The van der Waals surface area contributed by atoms with Gasteiger partial charge in [-0.15, -0.1) is 0 Å². The molecule has 100 valence electrons. The SMILES string of the molecule is Cc1cc(C(Br)c2cccc(Cl)c2Cl)c(C)cc1Cl. The van der Waals surface area contributed by atoms with Crippen LogP contribution in [0.5, 0.6) is 0 Å². The summed E-state index contributed by atoms with van der Waals surface area (Å²) >= 11 is 22.2. The first-order valence-corrected chi connectivity index (χ1v) is 7.81. The quantitative estimate of drug-likeness (QED) is 0.507. The van der Waals surface area contributed by atoms with Crippen LogP contribution in [0.2, 0.25) is 15.1 Å². The molecule has 1 atom stereocenters. The van der Waals surface area contributed by atoms with E-state index >= 15 is 0 Å². The Bertz CT molecular complexity index is 623. The summed E-state index contributed by atoms with van der Waals surface area (Å²) in [6.07, 6.45) is 0. The Morgan fingerprint density at radius 3 is 2.26 bits per heavy atom. The third kappa shape index (κ3) is 3.11. The maximum Gasteiger partial charge on any atom is 0.0662 e. The minimum atomic E-state index is -0.00494. The average Bonchev–Trinajstić information content (AvgIpc) is 2.36. The summed E-state index contributed by atoms with van der Waals surface area (Å²) in [4.78, 5) is -0.00494. The van der Waals surface area contributed by atoms with E-state index in [0.717, 1.165) is 27.3 Å². The first-order chi connectivity index (χ1) is 8.91. The lowest BCUT2D eigenvalue weighted by atomic mass is 9.98. The number of benzene rings is 2. The first-order valence-electron chi connectivity index (χ1n) is 5.76. The Balaban J connectivity index is 2.53. The lowest BCUT2D eigenvalue weighted by Gasteiger charge is -2.17. The van der Waals surface area contributed by atoms with Crippen molar-refractivity contribution in [3.8, 4) is 0 Å². The van der Waals surface area contributed by atoms with Gasteiger partial charge in [-0.2, -0.15) is 0 Å². The lowest BCUT2D eigenvalue weighted by Crippen LogP contribution is -1.98. The fourth-order valence-electron chi connectivity index (χ4n) is 1.96. The van der Waals surface area contributed by atoms with E-state index in [9.17, 15) is 0 Å². The molecule has 2 rings (SSSR count). The molecule has 2 aromatic carbocycles. The van der Waals surface area contributed by atoms with E-state index in [-0.39, 0.29) is 4.83 Å². The second-order valence-electron chi connectivity index (χ2n) is 4.46. The van der Waals surface area contributed by atoms with Crippen molar-refractivity contribution in [2.45, 2.75) is 18.7 Å². The van der Waals surface area contributed by atoms with Gasteiger partial charge in [-0.1, -0.05) is 68.9 Å². The van der Waals surface area contributed by atoms with Crippen molar-refractivity contribution >= 4 is 50.7 Å². The fraction of sp³-hybridized carbons (Fsp3) is 0.200. The van der Waals surface area contributed by atoms with Gasteiger partial charge in [-0.3, -0.25) is 0 Å². The van der Waals surface area contributed by atoms with Crippen LogP contribution in [0.3, 0.4) is 0 Å². The maximum atomic E-state index is 6.27. The van der Waals surface area contributed by atoms with E-state index in [2.05, 4.69) is 22.0 Å². The molecule has 0 nitrogen and oxygen atoms in total. The Morgan fingerprint density at radius 2 is 1.58 bits per heavy atom. The fourth-order valence-corrected chi connectivity index (χ4v) is 3.60. The number of rotatable bonds is 2. The number of alkyl halides is 1. The molecule has 4 heteroatoms. The van der Waals surface area contributed by atoms with Crippen LogP contribution in [0.25, 0.3) is 0 Å². The van der Waals surface area contributed by atoms with Gasteiger partial charge in [-0.25, -0.2) is 0 Å². The lowest BCUT2D eigenvalue weighted by molar-refractivity contribution is 1.13. The zero-order valence-corrected chi connectivity index (χ0v) is 14.3. The Hall–Kier alpha value is -0.210. The molecule has 0 spiro atoms. The second kappa shape index (κ2) is 6.05. The Morgan fingerprint density at radius 1 is 0.895 bits per heavy atom. The van der Waals surface area contributed by atoms with Gasteiger partial charge in [0, 0.05) is 5.02 Å². The maximum absolute atomic E-state index is 6.27. The Kier molecular flexibility index (Phi) is 4.84. The second-order valence-corrected chi connectivity index (χ2v) is 6.57. The number of halogens is 4. The molecule has 0 N–H and O–H groups in total. The topological polar surface area (TPSA) is 0 Å². The third-order valence-electron chi connectivity index (χ3n) is 3.07. The molecule has 0 aromatic heterocycles. The third-order valence-corrected chi connectivity index (χ3v) is 5.30. The molecule has 0 fully saturated rings. The van der Waals surface area contributed by atoms with Crippen LogP contribution in [-0.4, -0.2) is 0 Å². The zero-order valence-electron chi connectivity index (χ0n) is 10.5. The van der Waals surface area contributed by atoms with Crippen LogP contribution in [0.1, 0.15) is 27.1 Å². The van der Waals surface area contributed by atoms with Crippen LogP contribution in [0.15, 0.2) is 30.3 Å². The van der Waals surface area contributed by atoms with Crippen LogP contribution in [-0.2, 0) is 0 Å². The molecule has 0 aliphatic heterocycles. The normalized spacial score (nSPS) is 12.5. The highest BCUT2D eigenvalue weighted by Crippen LogP contribution is 2.40. The molecular formula is C15H12BrCl3. The summed E-state index contributed by atoms with van der Waals surface area (Å²) in [5.41, 5.74) is 4.27. The predicted octanol–water partition coefficient (Wildman–Crippen LogP) is 6.75. The van der Waals surface area contributed by atoms with Crippen molar-refractivity contribution < 1.29 is 0 Å². The average molecular weight is 379 g/mol. The minimum absolute atomic E-state index is 0.00494. The molecule has 0 radical (unpaired) electrons. The van der Waals surface area contributed by atoms with E-state index in [1.165, 1.54) is 0 Å². The van der Waals surface area contributed by atoms with Crippen molar-refractivity contribution in [2.24, 2.45) is 0 Å². The van der Waals surface area contributed by atoms with Gasteiger partial charge in [0.25, 0.3) is 0 Å². The minimum Gasteiger partial charge on any atom is -0.0840 e. The summed E-state index contributed by atoms with van der Waals surface area (Å²) in [5.74, 6) is 0. The van der Waals surface area contributed by atoms with Crippen molar-refractivity contribution in [1.29, 1.82) is 0 Å². The van der Waals surface area contributed by atoms with E-state index < -0.39 is 0 Å². The summed E-state index contributed by atoms with van der Waals surface area (Å²) in [5, 5.41) is 1.92. The summed E-state index contributed by atoms with van der Waals surface area (Å²) in [6.45, 7) is 4.03. The van der Waals surface area contributed by atoms with Crippen molar-refractivity contribution in [3.05, 3.63) is 67.7 Å². The molecular weight excluding hydrogens is 366 g/mol. The van der Waals surface area contributed by atoms with E-state index in [1.807, 2.05) is 32.0 Å². The predicted molar refractivity (Wildman–Crippen MR) is 88.2 cm³/mol. The molecule has 0 saturated carbocycles. The van der Waals surface area contributed by atoms with Gasteiger partial charge in [0.05, 0.1) is 14.9 Å². The first kappa shape index (κ1) is 15.2.